The fraction of sp³-hybridized carbons (Fsp3) is 0. The SMILES string of the molecule is Fc1cc(F)c(Nc2n[nH]c(=S)s2)c(F)c1. The number of nitrogens with one attached hydrogen (secondary N) is 2. The van der Waals surface area contributed by atoms with Crippen molar-refractivity contribution in [1.82, 2.24) is 10.2 Å². The highest BCUT2D eigenvalue weighted by Crippen LogP contribution is 2.25. The Kier molecular flexibility index (Phi) is 2.92. The van der Waals surface area contributed by atoms with Crippen molar-refractivity contribution in [3.63, 3.8) is 0 Å². The minimum Gasteiger partial charge on any atom is -0.325 e. The Balaban J connectivity index is 2.38. The van der Waals surface area contributed by atoms with Gasteiger partial charge in [0.15, 0.2) is 15.6 Å². The van der Waals surface area contributed by atoms with Gasteiger partial charge in [0.25, 0.3) is 0 Å². The molecule has 8 heteroatoms. The number of nitrogens with zero attached hydrogens (tertiary/aromatic N) is 1. The van der Waals surface area contributed by atoms with Crippen molar-refractivity contribution >= 4 is 34.4 Å². The number of hydrogen-bond donors (Lipinski definition) is 2. The van der Waals surface area contributed by atoms with Crippen molar-refractivity contribution in [2.75, 3.05) is 5.32 Å². The highest BCUT2D eigenvalue weighted by Gasteiger charge is 2.12. The molecule has 0 aliphatic heterocycles. The molecule has 0 bridgehead atoms. The van der Waals surface area contributed by atoms with Gasteiger partial charge in [-0.2, -0.15) is 0 Å². The molecule has 16 heavy (non-hydrogen) atoms. The zero-order chi connectivity index (χ0) is 11.7. The summed E-state index contributed by atoms with van der Waals surface area (Å²) in [7, 11) is 0. The molecule has 0 saturated carbocycles. The second kappa shape index (κ2) is 4.22. The van der Waals surface area contributed by atoms with Crippen LogP contribution >= 0.6 is 23.6 Å². The lowest BCUT2D eigenvalue weighted by Crippen LogP contribution is -1.98. The van der Waals surface area contributed by atoms with Crippen LogP contribution in [0.1, 0.15) is 0 Å². The zero-order valence-electron chi connectivity index (χ0n) is 7.55. The van der Waals surface area contributed by atoms with Gasteiger partial charge in [0, 0.05) is 12.1 Å². The fourth-order valence-corrected chi connectivity index (χ4v) is 1.85. The number of aromatic nitrogens is 2. The zero-order valence-corrected chi connectivity index (χ0v) is 9.19. The topological polar surface area (TPSA) is 40.7 Å². The van der Waals surface area contributed by atoms with Crippen LogP contribution in [-0.4, -0.2) is 10.2 Å². The van der Waals surface area contributed by atoms with Gasteiger partial charge in [0.1, 0.15) is 11.5 Å². The van der Waals surface area contributed by atoms with E-state index in [1.165, 1.54) is 0 Å². The van der Waals surface area contributed by atoms with Gasteiger partial charge in [0.05, 0.1) is 0 Å². The molecule has 1 aromatic carbocycles. The van der Waals surface area contributed by atoms with E-state index in [0.717, 1.165) is 11.3 Å². The average Bonchev–Trinajstić information content (AvgIpc) is 2.58. The second-order valence-corrected chi connectivity index (χ2v) is 4.45. The molecule has 0 spiro atoms. The number of aromatic amines is 1. The summed E-state index contributed by atoms with van der Waals surface area (Å²) < 4.78 is 39.4. The fourth-order valence-electron chi connectivity index (χ4n) is 1.05. The van der Waals surface area contributed by atoms with E-state index in [1.54, 1.807) is 0 Å². The van der Waals surface area contributed by atoms with Crippen molar-refractivity contribution in [3.8, 4) is 0 Å². The highest BCUT2D eigenvalue weighted by atomic mass is 32.1. The quantitative estimate of drug-likeness (QED) is 0.816. The molecule has 84 valence electrons. The van der Waals surface area contributed by atoms with Crippen molar-refractivity contribution in [1.29, 1.82) is 0 Å². The van der Waals surface area contributed by atoms with Crippen LogP contribution in [0.3, 0.4) is 0 Å². The molecule has 2 aromatic rings. The maximum Gasteiger partial charge on any atom is 0.208 e. The first kappa shape index (κ1) is 11.1. The molecular weight excluding hydrogens is 259 g/mol. The first-order valence-corrected chi connectivity index (χ1v) is 5.26. The van der Waals surface area contributed by atoms with E-state index in [9.17, 15) is 13.2 Å². The minimum atomic E-state index is -1.03. The molecule has 0 aliphatic carbocycles. The monoisotopic (exact) mass is 263 g/mol. The van der Waals surface area contributed by atoms with Gasteiger partial charge in [-0.15, -0.1) is 5.10 Å². The Hall–Kier alpha value is -1.41. The Bertz CT molecular complexity index is 555. The average molecular weight is 263 g/mol. The van der Waals surface area contributed by atoms with E-state index in [4.69, 9.17) is 12.2 Å². The molecule has 3 nitrogen and oxygen atoms in total. The third-order valence-corrected chi connectivity index (χ3v) is 2.68. The van der Waals surface area contributed by atoms with Crippen LogP contribution in [0.2, 0.25) is 0 Å². The molecule has 0 saturated heterocycles. The third kappa shape index (κ3) is 2.22. The van der Waals surface area contributed by atoms with Crippen molar-refractivity contribution in [3.05, 3.63) is 33.5 Å². The van der Waals surface area contributed by atoms with Crippen LogP contribution in [0.25, 0.3) is 0 Å². The number of rotatable bonds is 2. The molecule has 0 amide bonds. The number of anilines is 2. The predicted molar refractivity (Wildman–Crippen MR) is 56.9 cm³/mol. The maximum atomic E-state index is 13.2. The molecule has 1 aromatic heterocycles. The molecular formula is C8H4F3N3S2. The number of hydrogen-bond acceptors (Lipinski definition) is 4. The highest BCUT2D eigenvalue weighted by molar-refractivity contribution is 7.73. The summed E-state index contributed by atoms with van der Waals surface area (Å²) in [6.07, 6.45) is 0. The normalized spacial score (nSPS) is 10.4. The third-order valence-electron chi connectivity index (χ3n) is 1.68. The predicted octanol–water partition coefficient (Wildman–Crippen LogP) is 3.36. The molecule has 0 fully saturated rings. The van der Waals surface area contributed by atoms with Crippen LogP contribution in [0.4, 0.5) is 24.0 Å². The van der Waals surface area contributed by atoms with Gasteiger partial charge in [-0.25, -0.2) is 13.2 Å². The van der Waals surface area contributed by atoms with Gasteiger partial charge in [-0.3, -0.25) is 5.10 Å². The lowest BCUT2D eigenvalue weighted by molar-refractivity contribution is 0.549. The Labute approximate surface area is 96.9 Å². The summed E-state index contributed by atoms with van der Waals surface area (Å²) in [6, 6.07) is 1.16. The van der Waals surface area contributed by atoms with Crippen LogP contribution in [0, 0.1) is 21.4 Å². The van der Waals surface area contributed by atoms with E-state index >= 15 is 0 Å². The van der Waals surface area contributed by atoms with Gasteiger partial charge in [-0.05, 0) is 12.2 Å². The lowest BCUT2D eigenvalue weighted by atomic mass is 10.3. The summed E-state index contributed by atoms with van der Waals surface area (Å²) in [6.45, 7) is 0. The Morgan fingerprint density at radius 3 is 2.38 bits per heavy atom. The standard InChI is InChI=1S/C8H4F3N3S2/c9-3-1-4(10)6(5(11)2-3)12-7-13-14-8(15)16-7/h1-2H,(H,12,13)(H,14,15). The van der Waals surface area contributed by atoms with Crippen LogP contribution in [0.15, 0.2) is 12.1 Å². The molecule has 2 rings (SSSR count). The summed E-state index contributed by atoms with van der Waals surface area (Å²) in [5, 5.41) is 8.69. The first-order chi connectivity index (χ1) is 7.56. The molecule has 0 atom stereocenters. The summed E-state index contributed by atoms with van der Waals surface area (Å²) >= 11 is 5.76. The largest absolute Gasteiger partial charge is 0.325 e. The van der Waals surface area contributed by atoms with E-state index in [2.05, 4.69) is 15.5 Å². The smallest absolute Gasteiger partial charge is 0.208 e. The number of benzene rings is 1. The van der Waals surface area contributed by atoms with E-state index < -0.39 is 23.1 Å². The minimum absolute atomic E-state index is 0.203. The van der Waals surface area contributed by atoms with Gasteiger partial charge in [0.2, 0.25) is 5.13 Å². The lowest BCUT2D eigenvalue weighted by Gasteiger charge is -2.04. The van der Waals surface area contributed by atoms with Gasteiger partial charge >= 0.3 is 0 Å². The summed E-state index contributed by atoms with van der Waals surface area (Å²) in [5.41, 5.74) is -0.459. The van der Waals surface area contributed by atoms with Crippen molar-refractivity contribution in [2.45, 2.75) is 0 Å². The molecule has 1 heterocycles. The number of H-pyrrole nitrogens is 1. The van der Waals surface area contributed by atoms with Crippen LogP contribution in [0.5, 0.6) is 0 Å². The maximum absolute atomic E-state index is 13.2. The van der Waals surface area contributed by atoms with E-state index in [0.29, 0.717) is 16.1 Å². The van der Waals surface area contributed by atoms with Crippen LogP contribution in [-0.2, 0) is 0 Å². The molecule has 0 radical (unpaired) electrons. The summed E-state index contributed by atoms with van der Waals surface area (Å²) in [4.78, 5) is 0. The Morgan fingerprint density at radius 2 is 1.88 bits per heavy atom. The van der Waals surface area contributed by atoms with Crippen molar-refractivity contribution in [2.24, 2.45) is 0 Å². The van der Waals surface area contributed by atoms with Gasteiger partial charge in [-0.1, -0.05) is 11.3 Å². The van der Waals surface area contributed by atoms with Gasteiger partial charge < -0.3 is 5.32 Å². The van der Waals surface area contributed by atoms with Crippen molar-refractivity contribution < 1.29 is 13.2 Å². The summed E-state index contributed by atoms with van der Waals surface area (Å²) in [5.74, 6) is -3.03. The van der Waals surface area contributed by atoms with E-state index in [1.807, 2.05) is 0 Å². The number of halogens is 3. The molecule has 0 aliphatic rings. The molecule has 0 unspecified atom stereocenters. The molecule has 2 N–H and O–H groups in total. The van der Waals surface area contributed by atoms with Crippen LogP contribution < -0.4 is 5.32 Å². The Morgan fingerprint density at radius 1 is 1.25 bits per heavy atom. The first-order valence-electron chi connectivity index (χ1n) is 4.03. The second-order valence-electron chi connectivity index (χ2n) is 2.79. The van der Waals surface area contributed by atoms with E-state index in [-0.39, 0.29) is 5.13 Å².